The van der Waals surface area contributed by atoms with E-state index in [1.165, 1.54) is 0 Å². The molecule has 0 unspecified atom stereocenters. The molecule has 102 valence electrons. The monoisotopic (exact) mass is 333 g/mol. The van der Waals surface area contributed by atoms with Gasteiger partial charge in [0.05, 0.1) is 11.3 Å². The summed E-state index contributed by atoms with van der Waals surface area (Å²) in [5.41, 5.74) is 2.79. The van der Waals surface area contributed by atoms with Gasteiger partial charge in [0.2, 0.25) is 5.78 Å². The maximum atomic E-state index is 12.5. The Morgan fingerprint density at radius 2 is 2.00 bits per heavy atom. The van der Waals surface area contributed by atoms with E-state index < -0.39 is 0 Å². The van der Waals surface area contributed by atoms with Crippen molar-refractivity contribution in [1.82, 2.24) is 5.16 Å². The van der Waals surface area contributed by atoms with Gasteiger partial charge in [0.25, 0.3) is 0 Å². The summed E-state index contributed by atoms with van der Waals surface area (Å²) in [5.74, 6) is 0.606. The standard InChI is InChI=1S/C15H12BrNO3/c1-7-10-6-13(19-12(10)5-4-11(7)16)15(18)14-8(2)17-20-9(14)3/h4-6H,1-3H3. The first-order chi connectivity index (χ1) is 9.49. The van der Waals surface area contributed by atoms with Crippen LogP contribution in [0.4, 0.5) is 0 Å². The molecular weight excluding hydrogens is 322 g/mol. The Labute approximate surface area is 123 Å². The van der Waals surface area contributed by atoms with Crippen molar-refractivity contribution in [2.24, 2.45) is 0 Å². The molecule has 2 aromatic heterocycles. The molecule has 5 heteroatoms. The van der Waals surface area contributed by atoms with Crippen LogP contribution >= 0.6 is 15.9 Å². The molecule has 0 aliphatic rings. The third-order valence-electron chi connectivity index (χ3n) is 3.39. The summed E-state index contributed by atoms with van der Waals surface area (Å²) in [7, 11) is 0. The second kappa shape index (κ2) is 4.59. The van der Waals surface area contributed by atoms with E-state index in [0.29, 0.717) is 28.4 Å². The number of halogens is 1. The van der Waals surface area contributed by atoms with E-state index in [1.54, 1.807) is 19.9 Å². The number of hydrogen-bond acceptors (Lipinski definition) is 4. The molecule has 20 heavy (non-hydrogen) atoms. The predicted octanol–water partition coefficient (Wildman–Crippen LogP) is 4.34. The van der Waals surface area contributed by atoms with Crippen molar-refractivity contribution in [2.45, 2.75) is 20.8 Å². The van der Waals surface area contributed by atoms with Crippen molar-refractivity contribution in [2.75, 3.05) is 0 Å². The van der Waals surface area contributed by atoms with Crippen LogP contribution in [0.25, 0.3) is 11.0 Å². The number of carbonyl (C=O) groups is 1. The summed E-state index contributed by atoms with van der Waals surface area (Å²) in [6.07, 6.45) is 0. The topological polar surface area (TPSA) is 56.2 Å². The average Bonchev–Trinajstić information content (AvgIpc) is 2.98. The first kappa shape index (κ1) is 13.1. The Hall–Kier alpha value is -1.88. The summed E-state index contributed by atoms with van der Waals surface area (Å²) in [5, 5.41) is 4.73. The molecule has 0 amide bonds. The lowest BCUT2D eigenvalue weighted by Gasteiger charge is -1.96. The second-order valence-electron chi connectivity index (χ2n) is 4.72. The summed E-state index contributed by atoms with van der Waals surface area (Å²) >= 11 is 3.47. The fourth-order valence-electron chi connectivity index (χ4n) is 2.27. The van der Waals surface area contributed by atoms with Crippen LogP contribution in [0, 0.1) is 20.8 Å². The number of fused-ring (bicyclic) bond motifs is 1. The van der Waals surface area contributed by atoms with Gasteiger partial charge in [-0.2, -0.15) is 0 Å². The van der Waals surface area contributed by atoms with Crippen molar-refractivity contribution in [3.05, 3.63) is 51.0 Å². The normalized spacial score (nSPS) is 11.2. The quantitative estimate of drug-likeness (QED) is 0.654. The van der Waals surface area contributed by atoms with E-state index in [-0.39, 0.29) is 5.78 Å². The van der Waals surface area contributed by atoms with Gasteiger partial charge in [-0.25, -0.2) is 0 Å². The highest BCUT2D eigenvalue weighted by Crippen LogP contribution is 2.30. The number of ketones is 1. The van der Waals surface area contributed by atoms with E-state index in [0.717, 1.165) is 15.4 Å². The minimum Gasteiger partial charge on any atom is -0.453 e. The van der Waals surface area contributed by atoms with Crippen LogP contribution in [0.3, 0.4) is 0 Å². The van der Waals surface area contributed by atoms with Crippen LogP contribution in [-0.2, 0) is 0 Å². The van der Waals surface area contributed by atoms with Gasteiger partial charge in [-0.05, 0) is 44.5 Å². The van der Waals surface area contributed by atoms with Gasteiger partial charge < -0.3 is 8.94 Å². The molecule has 0 radical (unpaired) electrons. The number of furan rings is 1. The number of aromatic nitrogens is 1. The van der Waals surface area contributed by atoms with Gasteiger partial charge in [0.1, 0.15) is 11.3 Å². The fraction of sp³-hybridized carbons (Fsp3) is 0.200. The number of carbonyl (C=O) groups excluding carboxylic acids is 1. The smallest absolute Gasteiger partial charge is 0.233 e. The number of hydrogen-bond donors (Lipinski definition) is 0. The minimum atomic E-state index is -0.201. The fourth-order valence-corrected chi connectivity index (χ4v) is 2.61. The average molecular weight is 334 g/mol. The van der Waals surface area contributed by atoms with Crippen LogP contribution in [0.15, 0.2) is 31.6 Å². The largest absolute Gasteiger partial charge is 0.453 e. The summed E-state index contributed by atoms with van der Waals surface area (Å²) < 4.78 is 11.7. The summed E-state index contributed by atoms with van der Waals surface area (Å²) in [6.45, 7) is 5.44. The van der Waals surface area contributed by atoms with Gasteiger partial charge in [0, 0.05) is 9.86 Å². The zero-order valence-electron chi connectivity index (χ0n) is 11.3. The number of rotatable bonds is 2. The third kappa shape index (κ3) is 1.89. The zero-order valence-corrected chi connectivity index (χ0v) is 12.9. The highest BCUT2D eigenvalue weighted by Gasteiger charge is 2.23. The molecule has 0 spiro atoms. The lowest BCUT2D eigenvalue weighted by atomic mass is 10.1. The maximum absolute atomic E-state index is 12.5. The molecule has 0 aliphatic heterocycles. The van der Waals surface area contributed by atoms with Gasteiger partial charge >= 0.3 is 0 Å². The van der Waals surface area contributed by atoms with Crippen LogP contribution < -0.4 is 0 Å². The van der Waals surface area contributed by atoms with Crippen molar-refractivity contribution in [3.8, 4) is 0 Å². The lowest BCUT2D eigenvalue weighted by molar-refractivity contribution is 0.101. The molecule has 0 saturated heterocycles. The second-order valence-corrected chi connectivity index (χ2v) is 5.58. The molecule has 1 aromatic carbocycles. The Morgan fingerprint density at radius 3 is 2.65 bits per heavy atom. The molecule has 3 rings (SSSR count). The van der Waals surface area contributed by atoms with Crippen LogP contribution in [-0.4, -0.2) is 10.9 Å². The SMILES string of the molecule is Cc1noc(C)c1C(=O)c1cc2c(C)c(Br)ccc2o1. The zero-order chi connectivity index (χ0) is 14.4. The number of aryl methyl sites for hydroxylation is 3. The molecule has 4 nitrogen and oxygen atoms in total. The molecular formula is C15H12BrNO3. The minimum absolute atomic E-state index is 0.201. The summed E-state index contributed by atoms with van der Waals surface area (Å²) in [6, 6.07) is 5.52. The molecule has 0 N–H and O–H groups in total. The van der Waals surface area contributed by atoms with Crippen molar-refractivity contribution in [3.63, 3.8) is 0 Å². The van der Waals surface area contributed by atoms with Crippen molar-refractivity contribution >= 4 is 32.7 Å². The third-order valence-corrected chi connectivity index (χ3v) is 4.25. The molecule has 0 bridgehead atoms. The first-order valence-electron chi connectivity index (χ1n) is 6.15. The predicted molar refractivity (Wildman–Crippen MR) is 78.1 cm³/mol. The van der Waals surface area contributed by atoms with Crippen LogP contribution in [0.5, 0.6) is 0 Å². The molecule has 0 aliphatic carbocycles. The number of benzene rings is 1. The number of nitrogens with zero attached hydrogens (tertiary/aromatic N) is 1. The van der Waals surface area contributed by atoms with Crippen molar-refractivity contribution < 1.29 is 13.7 Å². The Balaban J connectivity index is 2.16. The van der Waals surface area contributed by atoms with Gasteiger partial charge in [-0.1, -0.05) is 21.1 Å². The Bertz CT molecular complexity index is 810. The molecule has 0 fully saturated rings. The van der Waals surface area contributed by atoms with Crippen LogP contribution in [0.2, 0.25) is 0 Å². The van der Waals surface area contributed by atoms with Gasteiger partial charge in [0.15, 0.2) is 5.76 Å². The van der Waals surface area contributed by atoms with E-state index in [9.17, 15) is 4.79 Å². The molecule has 3 aromatic rings. The molecule has 2 heterocycles. The van der Waals surface area contributed by atoms with Gasteiger partial charge in [-0.15, -0.1) is 0 Å². The Morgan fingerprint density at radius 1 is 1.25 bits per heavy atom. The highest BCUT2D eigenvalue weighted by atomic mass is 79.9. The van der Waals surface area contributed by atoms with E-state index in [1.807, 2.05) is 19.1 Å². The van der Waals surface area contributed by atoms with Gasteiger partial charge in [-0.3, -0.25) is 4.79 Å². The maximum Gasteiger partial charge on any atom is 0.233 e. The first-order valence-corrected chi connectivity index (χ1v) is 6.94. The van der Waals surface area contributed by atoms with E-state index >= 15 is 0 Å². The Kier molecular flexibility index (Phi) is 3.01. The van der Waals surface area contributed by atoms with E-state index in [4.69, 9.17) is 8.94 Å². The molecule has 0 saturated carbocycles. The highest BCUT2D eigenvalue weighted by molar-refractivity contribution is 9.10. The molecule has 0 atom stereocenters. The van der Waals surface area contributed by atoms with Crippen LogP contribution in [0.1, 0.15) is 33.1 Å². The van der Waals surface area contributed by atoms with Crippen molar-refractivity contribution in [1.29, 1.82) is 0 Å². The van der Waals surface area contributed by atoms with E-state index in [2.05, 4.69) is 21.1 Å². The summed E-state index contributed by atoms with van der Waals surface area (Å²) in [4.78, 5) is 12.5. The lowest BCUT2D eigenvalue weighted by Crippen LogP contribution is -2.02.